The maximum Gasteiger partial charge on any atom is 0.348 e. The van der Waals surface area contributed by atoms with Gasteiger partial charge >= 0.3 is 11.9 Å². The van der Waals surface area contributed by atoms with Gasteiger partial charge in [0.15, 0.2) is 11.6 Å². The van der Waals surface area contributed by atoms with Crippen LogP contribution in [0.15, 0.2) is 54.1 Å². The summed E-state index contributed by atoms with van der Waals surface area (Å²) in [5.41, 5.74) is -0.368. The zero-order chi connectivity index (χ0) is 18.0. The van der Waals surface area contributed by atoms with Gasteiger partial charge < -0.3 is 14.2 Å². The predicted octanol–water partition coefficient (Wildman–Crippen LogP) is 3.84. The highest BCUT2D eigenvalue weighted by Gasteiger charge is 2.39. The van der Waals surface area contributed by atoms with E-state index in [0.29, 0.717) is 5.75 Å². The van der Waals surface area contributed by atoms with Crippen molar-refractivity contribution in [2.24, 2.45) is 0 Å². The van der Waals surface area contributed by atoms with Gasteiger partial charge in [-0.25, -0.2) is 14.0 Å². The Balaban J connectivity index is 1.92. The summed E-state index contributed by atoms with van der Waals surface area (Å²) in [7, 11) is 0. The van der Waals surface area contributed by atoms with Crippen LogP contribution in [0.1, 0.15) is 19.4 Å². The topological polar surface area (TPSA) is 61.8 Å². The summed E-state index contributed by atoms with van der Waals surface area (Å²) in [4.78, 5) is 23.9. The second kappa shape index (κ2) is 6.39. The summed E-state index contributed by atoms with van der Waals surface area (Å²) in [6.45, 7) is 2.88. The molecule has 0 aromatic heterocycles. The van der Waals surface area contributed by atoms with E-state index in [1.807, 2.05) is 6.07 Å². The molecule has 1 aliphatic heterocycles. The van der Waals surface area contributed by atoms with Gasteiger partial charge in [-0.3, -0.25) is 0 Å². The van der Waals surface area contributed by atoms with E-state index >= 15 is 0 Å². The predicted molar refractivity (Wildman–Crippen MR) is 87.2 cm³/mol. The fraction of sp³-hybridized carbons (Fsp3) is 0.158. The van der Waals surface area contributed by atoms with Gasteiger partial charge in [0.05, 0.1) is 0 Å². The van der Waals surface area contributed by atoms with Crippen LogP contribution in [-0.4, -0.2) is 17.7 Å². The number of esters is 2. The number of para-hydroxylation sites is 1. The molecule has 0 radical (unpaired) electrons. The first-order valence-corrected chi connectivity index (χ1v) is 7.55. The van der Waals surface area contributed by atoms with E-state index in [1.54, 1.807) is 30.3 Å². The van der Waals surface area contributed by atoms with Crippen molar-refractivity contribution in [3.63, 3.8) is 0 Å². The first-order chi connectivity index (χ1) is 11.9. The van der Waals surface area contributed by atoms with Crippen LogP contribution in [0.2, 0.25) is 0 Å². The zero-order valence-electron chi connectivity index (χ0n) is 13.6. The number of halogens is 1. The zero-order valence-corrected chi connectivity index (χ0v) is 13.6. The molecule has 0 saturated carbocycles. The van der Waals surface area contributed by atoms with E-state index in [2.05, 4.69) is 0 Å². The van der Waals surface area contributed by atoms with Crippen LogP contribution < -0.4 is 4.74 Å². The highest BCUT2D eigenvalue weighted by Crippen LogP contribution is 2.29. The number of hydrogen-bond acceptors (Lipinski definition) is 5. The second-order valence-electron chi connectivity index (χ2n) is 5.81. The Bertz CT molecular complexity index is 833. The molecule has 0 bridgehead atoms. The van der Waals surface area contributed by atoms with Crippen LogP contribution in [0.5, 0.6) is 11.5 Å². The Morgan fingerprint density at radius 1 is 0.960 bits per heavy atom. The summed E-state index contributed by atoms with van der Waals surface area (Å²) in [5, 5.41) is 0. The van der Waals surface area contributed by atoms with Crippen molar-refractivity contribution in [1.82, 2.24) is 0 Å². The average molecular weight is 342 g/mol. The monoisotopic (exact) mass is 342 g/mol. The van der Waals surface area contributed by atoms with Crippen molar-refractivity contribution in [2.45, 2.75) is 19.6 Å². The molecular formula is C19H15FO5. The first-order valence-electron chi connectivity index (χ1n) is 7.55. The molecule has 0 atom stereocenters. The van der Waals surface area contributed by atoms with Crippen molar-refractivity contribution < 1.29 is 28.2 Å². The Morgan fingerprint density at radius 3 is 2.24 bits per heavy atom. The number of carbonyl (C=O) groups is 2. The normalized spacial score (nSPS) is 16.0. The van der Waals surface area contributed by atoms with Gasteiger partial charge in [-0.2, -0.15) is 0 Å². The standard InChI is InChI=1S/C19H15FO5/c1-19(2)24-17(21)14(18(22)25-19)11-12-7-6-10-15(16(12)20)23-13-8-4-3-5-9-13/h3-11H,1-2H3. The molecular weight excluding hydrogens is 327 g/mol. The number of benzene rings is 2. The van der Waals surface area contributed by atoms with Crippen molar-refractivity contribution in [2.75, 3.05) is 0 Å². The lowest BCUT2D eigenvalue weighted by atomic mass is 10.1. The summed E-state index contributed by atoms with van der Waals surface area (Å²) < 4.78 is 30.1. The van der Waals surface area contributed by atoms with Gasteiger partial charge in [0.1, 0.15) is 11.3 Å². The Morgan fingerprint density at radius 2 is 1.60 bits per heavy atom. The molecule has 1 aliphatic rings. The van der Waals surface area contributed by atoms with Crippen LogP contribution >= 0.6 is 0 Å². The molecule has 1 saturated heterocycles. The molecule has 25 heavy (non-hydrogen) atoms. The number of ether oxygens (including phenoxy) is 3. The summed E-state index contributed by atoms with van der Waals surface area (Å²) in [6, 6.07) is 13.1. The summed E-state index contributed by atoms with van der Waals surface area (Å²) >= 11 is 0. The molecule has 128 valence electrons. The number of rotatable bonds is 3. The highest BCUT2D eigenvalue weighted by molar-refractivity contribution is 6.18. The van der Waals surface area contributed by atoms with Crippen LogP contribution in [0.25, 0.3) is 6.08 Å². The average Bonchev–Trinajstić information content (AvgIpc) is 2.54. The minimum absolute atomic E-state index is 0.0111. The molecule has 0 N–H and O–H groups in total. The van der Waals surface area contributed by atoms with Crippen molar-refractivity contribution in [3.05, 3.63) is 65.5 Å². The van der Waals surface area contributed by atoms with Crippen molar-refractivity contribution in [1.29, 1.82) is 0 Å². The van der Waals surface area contributed by atoms with E-state index in [9.17, 15) is 14.0 Å². The van der Waals surface area contributed by atoms with E-state index in [-0.39, 0.29) is 16.9 Å². The number of carbonyl (C=O) groups excluding carboxylic acids is 2. The van der Waals surface area contributed by atoms with Gasteiger partial charge in [-0.05, 0) is 24.3 Å². The number of hydrogen-bond donors (Lipinski definition) is 0. The molecule has 0 spiro atoms. The second-order valence-corrected chi connectivity index (χ2v) is 5.81. The summed E-state index contributed by atoms with van der Waals surface area (Å²) in [6.07, 6.45) is 1.09. The molecule has 0 unspecified atom stereocenters. The first kappa shape index (κ1) is 16.7. The Hall–Kier alpha value is -3.15. The maximum absolute atomic E-state index is 14.6. The molecule has 2 aromatic rings. The molecule has 0 amide bonds. The largest absolute Gasteiger partial charge is 0.454 e. The molecule has 6 heteroatoms. The van der Waals surface area contributed by atoms with Gasteiger partial charge in [-0.15, -0.1) is 0 Å². The highest BCUT2D eigenvalue weighted by atomic mass is 19.1. The van der Waals surface area contributed by atoms with Crippen molar-refractivity contribution >= 4 is 18.0 Å². The smallest absolute Gasteiger partial charge is 0.348 e. The maximum atomic E-state index is 14.6. The van der Waals surface area contributed by atoms with Gasteiger partial charge in [-0.1, -0.05) is 30.3 Å². The molecule has 1 heterocycles. The third-order valence-electron chi connectivity index (χ3n) is 3.38. The van der Waals surface area contributed by atoms with E-state index in [4.69, 9.17) is 14.2 Å². The molecule has 0 aliphatic carbocycles. The molecule has 3 rings (SSSR count). The van der Waals surface area contributed by atoms with Crippen LogP contribution in [0, 0.1) is 5.82 Å². The van der Waals surface area contributed by atoms with E-state index in [0.717, 1.165) is 6.08 Å². The van der Waals surface area contributed by atoms with Crippen LogP contribution in [0.4, 0.5) is 4.39 Å². The summed E-state index contributed by atoms with van der Waals surface area (Å²) in [5.74, 6) is -3.35. The van der Waals surface area contributed by atoms with Gasteiger partial charge in [0.25, 0.3) is 5.79 Å². The van der Waals surface area contributed by atoms with Crippen LogP contribution in [-0.2, 0) is 19.1 Å². The van der Waals surface area contributed by atoms with Crippen molar-refractivity contribution in [3.8, 4) is 11.5 Å². The van der Waals surface area contributed by atoms with E-state index < -0.39 is 23.5 Å². The third kappa shape index (κ3) is 3.68. The van der Waals surface area contributed by atoms with Crippen LogP contribution in [0.3, 0.4) is 0 Å². The lowest BCUT2D eigenvalue weighted by Crippen LogP contribution is -2.41. The lowest BCUT2D eigenvalue weighted by Gasteiger charge is -2.29. The van der Waals surface area contributed by atoms with Gasteiger partial charge in [0.2, 0.25) is 0 Å². The fourth-order valence-electron chi connectivity index (χ4n) is 2.27. The minimum Gasteiger partial charge on any atom is -0.454 e. The fourth-order valence-corrected chi connectivity index (χ4v) is 2.27. The van der Waals surface area contributed by atoms with E-state index in [1.165, 1.54) is 26.0 Å². The SMILES string of the molecule is CC1(C)OC(=O)C(=Cc2cccc(Oc3ccccc3)c2F)C(=O)O1. The third-order valence-corrected chi connectivity index (χ3v) is 3.38. The quantitative estimate of drug-likeness (QED) is 0.482. The minimum atomic E-state index is -1.34. The lowest BCUT2D eigenvalue weighted by molar-refractivity contribution is -0.222. The Labute approximate surface area is 143 Å². The van der Waals surface area contributed by atoms with Gasteiger partial charge in [0, 0.05) is 19.4 Å². The number of cyclic esters (lactones) is 2. The molecule has 1 fully saturated rings. The molecule has 5 nitrogen and oxygen atoms in total. The molecule has 2 aromatic carbocycles. The Kier molecular flexibility index (Phi) is 4.27.